The van der Waals surface area contributed by atoms with E-state index < -0.39 is 80.5 Å². The summed E-state index contributed by atoms with van der Waals surface area (Å²) in [6.07, 6.45) is -13.0. The highest BCUT2D eigenvalue weighted by Crippen LogP contribution is 2.28. The van der Waals surface area contributed by atoms with Gasteiger partial charge in [0.15, 0.2) is 12.6 Å². The van der Waals surface area contributed by atoms with Gasteiger partial charge in [-0.05, 0) is 6.42 Å². The molecular formula is C16H29NO11. The monoisotopic (exact) mass is 411 g/mol. The number of aliphatic hydroxyl groups is 7. The van der Waals surface area contributed by atoms with Gasteiger partial charge in [-0.1, -0.05) is 6.92 Å². The van der Waals surface area contributed by atoms with E-state index in [9.17, 15) is 40.5 Å². The lowest BCUT2D eigenvalue weighted by molar-refractivity contribution is -0.345. The molecule has 1 amide bonds. The Labute approximate surface area is 161 Å². The molecule has 2 saturated heterocycles. The first-order valence-electron chi connectivity index (χ1n) is 9.12. The lowest BCUT2D eigenvalue weighted by atomic mass is 9.95. The minimum atomic E-state index is -1.73. The van der Waals surface area contributed by atoms with E-state index in [1.54, 1.807) is 6.92 Å². The zero-order chi connectivity index (χ0) is 21.0. The largest absolute Gasteiger partial charge is 0.394 e. The Balaban J connectivity index is 2.15. The number of aliphatic hydroxyl groups excluding tert-OH is 7. The molecule has 2 rings (SSSR count). The standard InChI is InChI=1S/C16H29NO11/c1-2-3-8(20)17-9-11(22)14(7(5-19)26-15(9)25)28-16-13(24)12(23)10(21)6(4-18)27-16/h6-7,9-16,18-19,21-25H,2-5H2,1H3,(H,17,20)/t6-,7-,9-,10-,11-,12+,13-,14-,15?,16+/m1/s1. The highest BCUT2D eigenvalue weighted by Gasteiger charge is 2.50. The van der Waals surface area contributed by atoms with Crippen LogP contribution in [0.25, 0.3) is 0 Å². The summed E-state index contributed by atoms with van der Waals surface area (Å²) in [7, 11) is 0. The third-order valence-corrected chi connectivity index (χ3v) is 4.82. The molecule has 28 heavy (non-hydrogen) atoms. The molecule has 2 aliphatic rings. The molecule has 12 heteroatoms. The van der Waals surface area contributed by atoms with Crippen LogP contribution in [0.2, 0.25) is 0 Å². The van der Waals surface area contributed by atoms with Crippen LogP contribution in [-0.2, 0) is 19.0 Å². The fourth-order valence-electron chi connectivity index (χ4n) is 3.23. The van der Waals surface area contributed by atoms with Gasteiger partial charge >= 0.3 is 0 Å². The zero-order valence-electron chi connectivity index (χ0n) is 15.4. The summed E-state index contributed by atoms with van der Waals surface area (Å²) in [5.74, 6) is -0.441. The van der Waals surface area contributed by atoms with Gasteiger partial charge in [-0.2, -0.15) is 0 Å². The maximum Gasteiger partial charge on any atom is 0.220 e. The summed E-state index contributed by atoms with van der Waals surface area (Å²) in [5, 5.41) is 71.5. The average Bonchev–Trinajstić information content (AvgIpc) is 2.67. The minimum absolute atomic E-state index is 0.150. The summed E-state index contributed by atoms with van der Waals surface area (Å²) in [6, 6.07) is -1.28. The van der Waals surface area contributed by atoms with Crippen LogP contribution in [0.1, 0.15) is 19.8 Å². The van der Waals surface area contributed by atoms with Gasteiger partial charge in [0, 0.05) is 6.42 Å². The van der Waals surface area contributed by atoms with Crippen molar-refractivity contribution in [3.63, 3.8) is 0 Å². The highest BCUT2D eigenvalue weighted by molar-refractivity contribution is 5.76. The van der Waals surface area contributed by atoms with E-state index in [2.05, 4.69) is 5.32 Å². The van der Waals surface area contributed by atoms with Crippen molar-refractivity contribution in [3.05, 3.63) is 0 Å². The second-order valence-electron chi connectivity index (χ2n) is 6.88. The Morgan fingerprint density at radius 2 is 1.57 bits per heavy atom. The smallest absolute Gasteiger partial charge is 0.220 e. The molecule has 0 spiro atoms. The molecule has 0 aromatic carbocycles. The molecule has 0 aliphatic carbocycles. The molecule has 2 heterocycles. The van der Waals surface area contributed by atoms with Crippen molar-refractivity contribution in [1.29, 1.82) is 0 Å². The van der Waals surface area contributed by atoms with Gasteiger partial charge in [-0.15, -0.1) is 0 Å². The number of nitrogens with one attached hydrogen (secondary N) is 1. The lowest BCUT2D eigenvalue weighted by Crippen LogP contribution is -2.67. The van der Waals surface area contributed by atoms with Gasteiger partial charge in [0.2, 0.25) is 5.91 Å². The molecular weight excluding hydrogens is 382 g/mol. The topological polar surface area (TPSA) is 198 Å². The van der Waals surface area contributed by atoms with Gasteiger partial charge in [0.1, 0.15) is 48.8 Å². The van der Waals surface area contributed by atoms with E-state index in [-0.39, 0.29) is 6.42 Å². The van der Waals surface area contributed by atoms with Crippen LogP contribution in [0.3, 0.4) is 0 Å². The fourth-order valence-corrected chi connectivity index (χ4v) is 3.23. The SMILES string of the molecule is CCCC(=O)N[C@H]1C(O)O[C@H](CO)[C@@H](O[C@@H]2O[C@H](CO)[C@@H](O)[C@H](O)[C@H]2O)[C@@H]1O. The molecule has 8 N–H and O–H groups in total. The summed E-state index contributed by atoms with van der Waals surface area (Å²) in [5.41, 5.74) is 0. The predicted molar refractivity (Wildman–Crippen MR) is 89.5 cm³/mol. The van der Waals surface area contributed by atoms with Crippen LogP contribution in [0.4, 0.5) is 0 Å². The Morgan fingerprint density at radius 1 is 0.929 bits per heavy atom. The van der Waals surface area contributed by atoms with Gasteiger partial charge in [-0.3, -0.25) is 4.79 Å². The second kappa shape index (κ2) is 10.2. The number of hydrogen-bond donors (Lipinski definition) is 8. The van der Waals surface area contributed by atoms with Gasteiger partial charge < -0.3 is 55.3 Å². The molecule has 2 fully saturated rings. The quantitative estimate of drug-likeness (QED) is 0.201. The van der Waals surface area contributed by atoms with E-state index in [4.69, 9.17) is 14.2 Å². The number of carbonyl (C=O) groups is 1. The molecule has 12 nitrogen and oxygen atoms in total. The first kappa shape index (κ1) is 23.3. The van der Waals surface area contributed by atoms with Crippen molar-refractivity contribution in [3.8, 4) is 0 Å². The third-order valence-electron chi connectivity index (χ3n) is 4.82. The summed E-state index contributed by atoms with van der Waals surface area (Å²) in [4.78, 5) is 11.8. The van der Waals surface area contributed by atoms with Crippen LogP contribution in [0, 0.1) is 0 Å². The van der Waals surface area contributed by atoms with Crippen molar-refractivity contribution in [2.45, 2.75) is 81.1 Å². The molecule has 10 atom stereocenters. The van der Waals surface area contributed by atoms with Crippen LogP contribution >= 0.6 is 0 Å². The zero-order valence-corrected chi connectivity index (χ0v) is 15.4. The highest BCUT2D eigenvalue weighted by atomic mass is 16.7. The summed E-state index contributed by atoms with van der Waals surface area (Å²) >= 11 is 0. The van der Waals surface area contributed by atoms with Gasteiger partial charge in [0.25, 0.3) is 0 Å². The predicted octanol–water partition coefficient (Wildman–Crippen LogP) is -4.47. The van der Waals surface area contributed by atoms with E-state index in [1.807, 2.05) is 0 Å². The molecule has 0 aromatic heterocycles. The normalized spacial score (nSPS) is 44.3. The van der Waals surface area contributed by atoms with Crippen molar-refractivity contribution in [1.82, 2.24) is 5.32 Å². The minimum Gasteiger partial charge on any atom is -0.394 e. The molecule has 164 valence electrons. The van der Waals surface area contributed by atoms with Crippen molar-refractivity contribution < 1.29 is 54.8 Å². The summed E-state index contributed by atoms with van der Waals surface area (Å²) < 4.78 is 15.9. The first-order chi connectivity index (χ1) is 13.2. The number of hydrogen-bond acceptors (Lipinski definition) is 11. The Hall–Kier alpha value is -0.930. The first-order valence-corrected chi connectivity index (χ1v) is 9.12. The van der Waals surface area contributed by atoms with Crippen molar-refractivity contribution in [2.75, 3.05) is 13.2 Å². The van der Waals surface area contributed by atoms with Crippen LogP contribution in [0.5, 0.6) is 0 Å². The number of carbonyl (C=O) groups excluding carboxylic acids is 1. The molecule has 0 bridgehead atoms. The summed E-state index contributed by atoms with van der Waals surface area (Å²) in [6.45, 7) is 0.425. The molecule has 0 aromatic rings. The van der Waals surface area contributed by atoms with Crippen molar-refractivity contribution in [2.24, 2.45) is 0 Å². The molecule has 2 aliphatic heterocycles. The Bertz CT molecular complexity index is 507. The Kier molecular flexibility index (Phi) is 8.51. The van der Waals surface area contributed by atoms with Gasteiger partial charge in [0.05, 0.1) is 13.2 Å². The van der Waals surface area contributed by atoms with Crippen LogP contribution in [0.15, 0.2) is 0 Å². The van der Waals surface area contributed by atoms with Crippen LogP contribution in [-0.4, -0.2) is 116 Å². The average molecular weight is 411 g/mol. The maximum absolute atomic E-state index is 11.8. The third kappa shape index (κ3) is 4.97. The Morgan fingerprint density at radius 3 is 2.14 bits per heavy atom. The van der Waals surface area contributed by atoms with E-state index in [0.29, 0.717) is 6.42 Å². The van der Waals surface area contributed by atoms with Crippen LogP contribution < -0.4 is 5.32 Å². The lowest BCUT2D eigenvalue weighted by Gasteiger charge is -2.46. The molecule has 0 radical (unpaired) electrons. The van der Waals surface area contributed by atoms with E-state index >= 15 is 0 Å². The number of amides is 1. The fraction of sp³-hybridized carbons (Fsp3) is 0.938. The van der Waals surface area contributed by atoms with Gasteiger partial charge in [-0.25, -0.2) is 0 Å². The van der Waals surface area contributed by atoms with E-state index in [1.165, 1.54) is 0 Å². The maximum atomic E-state index is 11.8. The second-order valence-corrected chi connectivity index (χ2v) is 6.88. The number of rotatable bonds is 7. The number of ether oxygens (including phenoxy) is 3. The molecule has 1 unspecified atom stereocenters. The molecule has 0 saturated carbocycles. The van der Waals surface area contributed by atoms with Crippen molar-refractivity contribution >= 4 is 5.91 Å². The van der Waals surface area contributed by atoms with E-state index in [0.717, 1.165) is 0 Å².